The van der Waals surface area contributed by atoms with Gasteiger partial charge in [0.1, 0.15) is 0 Å². The lowest BCUT2D eigenvalue weighted by Crippen LogP contribution is -2.45. The molecular weight excluding hydrogens is 271 g/mol. The third kappa shape index (κ3) is 3.72. The second-order valence-corrected chi connectivity index (χ2v) is 6.14. The molecule has 1 aromatic rings. The average molecular weight is 291 g/mol. The highest BCUT2D eigenvalue weighted by atomic mass is 32.1. The van der Waals surface area contributed by atoms with Crippen LogP contribution in [-0.2, 0) is 13.0 Å². The fourth-order valence-electron chi connectivity index (χ4n) is 2.83. The molecule has 0 spiro atoms. The fraction of sp³-hybridized carbons (Fsp3) is 0.714. The number of halogens is 3. The minimum Gasteiger partial charge on any atom is -0.308 e. The van der Waals surface area contributed by atoms with Gasteiger partial charge < -0.3 is 5.32 Å². The highest BCUT2D eigenvalue weighted by molar-refractivity contribution is 7.10. The Labute approximate surface area is 116 Å². The van der Waals surface area contributed by atoms with Gasteiger partial charge in [0.15, 0.2) is 0 Å². The van der Waals surface area contributed by atoms with Crippen LogP contribution in [0.25, 0.3) is 0 Å². The summed E-state index contributed by atoms with van der Waals surface area (Å²) < 4.78 is 38.9. The molecule has 0 aromatic carbocycles. The summed E-state index contributed by atoms with van der Waals surface area (Å²) in [6.45, 7) is 2.64. The first kappa shape index (κ1) is 14.9. The summed E-state index contributed by atoms with van der Waals surface area (Å²) in [4.78, 5) is 1.17. The maximum absolute atomic E-state index is 13.0. The molecule has 5 heteroatoms. The lowest BCUT2D eigenvalue weighted by molar-refractivity contribution is -0.189. The van der Waals surface area contributed by atoms with Crippen LogP contribution in [0.3, 0.4) is 0 Å². The van der Waals surface area contributed by atoms with Gasteiger partial charge in [-0.05, 0) is 36.3 Å². The van der Waals surface area contributed by atoms with Crippen molar-refractivity contribution in [1.82, 2.24) is 5.32 Å². The van der Waals surface area contributed by atoms with Gasteiger partial charge in [-0.3, -0.25) is 0 Å². The maximum atomic E-state index is 13.0. The molecule has 0 saturated heterocycles. The van der Waals surface area contributed by atoms with Gasteiger partial charge in [0.25, 0.3) is 0 Å². The number of hydrogen-bond donors (Lipinski definition) is 1. The molecule has 2 rings (SSSR count). The van der Waals surface area contributed by atoms with E-state index in [0.717, 1.165) is 12.8 Å². The van der Waals surface area contributed by atoms with Crippen LogP contribution in [0.2, 0.25) is 0 Å². The van der Waals surface area contributed by atoms with Gasteiger partial charge in [0, 0.05) is 17.5 Å². The van der Waals surface area contributed by atoms with Gasteiger partial charge in [0.05, 0.1) is 5.92 Å². The van der Waals surface area contributed by atoms with Crippen molar-refractivity contribution in [2.24, 2.45) is 5.92 Å². The van der Waals surface area contributed by atoms with E-state index in [0.29, 0.717) is 19.4 Å². The zero-order valence-corrected chi connectivity index (χ0v) is 11.9. The van der Waals surface area contributed by atoms with Crippen LogP contribution >= 0.6 is 11.3 Å². The topological polar surface area (TPSA) is 12.0 Å². The van der Waals surface area contributed by atoms with Crippen molar-refractivity contribution in [3.05, 3.63) is 21.9 Å². The van der Waals surface area contributed by atoms with Crippen LogP contribution in [0.4, 0.5) is 13.2 Å². The summed E-state index contributed by atoms with van der Waals surface area (Å²) in [5.74, 6) is -1.17. The van der Waals surface area contributed by atoms with Crippen molar-refractivity contribution in [2.45, 2.75) is 57.8 Å². The van der Waals surface area contributed by atoms with E-state index in [-0.39, 0.29) is 6.42 Å². The van der Waals surface area contributed by atoms with Crippen LogP contribution in [0.1, 0.15) is 43.0 Å². The predicted octanol–water partition coefficient (Wildman–Crippen LogP) is 4.52. The van der Waals surface area contributed by atoms with E-state index in [1.807, 2.05) is 5.38 Å². The molecule has 1 aliphatic carbocycles. The molecule has 2 unspecified atom stereocenters. The van der Waals surface area contributed by atoms with E-state index in [2.05, 4.69) is 18.3 Å². The van der Waals surface area contributed by atoms with E-state index in [1.54, 1.807) is 11.3 Å². The van der Waals surface area contributed by atoms with Crippen LogP contribution in [-0.4, -0.2) is 12.2 Å². The normalized spacial score (nSPS) is 24.6. The third-order valence-corrected chi connectivity index (χ3v) is 4.89. The van der Waals surface area contributed by atoms with E-state index in [4.69, 9.17) is 0 Å². The SMILES string of the molecule is CCc1ccsc1CNC1CCCCC1C(F)(F)F. The molecule has 0 bridgehead atoms. The Morgan fingerprint density at radius 2 is 2.05 bits per heavy atom. The molecule has 0 amide bonds. The number of hydrogen-bond acceptors (Lipinski definition) is 2. The molecular formula is C14H20F3NS. The first-order valence-electron chi connectivity index (χ1n) is 6.87. The van der Waals surface area contributed by atoms with Crippen molar-refractivity contribution in [2.75, 3.05) is 0 Å². The van der Waals surface area contributed by atoms with Gasteiger partial charge in [0.2, 0.25) is 0 Å². The van der Waals surface area contributed by atoms with Crippen molar-refractivity contribution >= 4 is 11.3 Å². The number of rotatable bonds is 4. The number of alkyl halides is 3. The predicted molar refractivity (Wildman–Crippen MR) is 72.3 cm³/mol. The highest BCUT2D eigenvalue weighted by Crippen LogP contribution is 2.37. The van der Waals surface area contributed by atoms with Crippen LogP contribution in [0, 0.1) is 5.92 Å². The number of aryl methyl sites for hydroxylation is 1. The second-order valence-electron chi connectivity index (χ2n) is 5.14. The largest absolute Gasteiger partial charge is 0.393 e. The lowest BCUT2D eigenvalue weighted by Gasteiger charge is -2.33. The summed E-state index contributed by atoms with van der Waals surface area (Å²) in [6.07, 6.45) is -0.630. The highest BCUT2D eigenvalue weighted by Gasteiger charge is 2.45. The Balaban J connectivity index is 1.97. The van der Waals surface area contributed by atoms with Gasteiger partial charge in [-0.1, -0.05) is 19.8 Å². The molecule has 1 aromatic heterocycles. The molecule has 2 atom stereocenters. The Kier molecular flexibility index (Phi) is 4.90. The van der Waals surface area contributed by atoms with Gasteiger partial charge in [-0.25, -0.2) is 0 Å². The zero-order valence-electron chi connectivity index (χ0n) is 11.1. The standard InChI is InChI=1S/C14H20F3NS/c1-2-10-7-8-19-13(10)9-18-12-6-4-3-5-11(12)14(15,16)17/h7-8,11-12,18H,2-6,9H2,1H3. The third-order valence-electron chi connectivity index (χ3n) is 3.93. The molecule has 1 N–H and O–H groups in total. The molecule has 0 aliphatic heterocycles. The van der Waals surface area contributed by atoms with Crippen LogP contribution in [0.5, 0.6) is 0 Å². The monoisotopic (exact) mass is 291 g/mol. The van der Waals surface area contributed by atoms with Crippen molar-refractivity contribution in [3.63, 3.8) is 0 Å². The molecule has 19 heavy (non-hydrogen) atoms. The number of thiophene rings is 1. The summed E-state index contributed by atoms with van der Waals surface area (Å²) >= 11 is 1.63. The minimum atomic E-state index is -4.07. The summed E-state index contributed by atoms with van der Waals surface area (Å²) in [7, 11) is 0. The van der Waals surface area contributed by atoms with Crippen LogP contribution in [0.15, 0.2) is 11.4 Å². The Hall–Kier alpha value is -0.550. The fourth-order valence-corrected chi connectivity index (χ4v) is 3.75. The molecule has 108 valence electrons. The van der Waals surface area contributed by atoms with Crippen molar-refractivity contribution < 1.29 is 13.2 Å². The molecule has 1 aliphatic rings. The van der Waals surface area contributed by atoms with E-state index < -0.39 is 18.1 Å². The zero-order chi connectivity index (χ0) is 13.9. The van der Waals surface area contributed by atoms with Gasteiger partial charge in [-0.2, -0.15) is 13.2 Å². The van der Waals surface area contributed by atoms with Crippen LogP contribution < -0.4 is 5.32 Å². The van der Waals surface area contributed by atoms with Crippen molar-refractivity contribution in [1.29, 1.82) is 0 Å². The summed E-state index contributed by atoms with van der Waals surface area (Å²) in [6, 6.07) is 1.64. The summed E-state index contributed by atoms with van der Waals surface area (Å²) in [5, 5.41) is 5.16. The number of nitrogens with one attached hydrogen (secondary N) is 1. The first-order valence-corrected chi connectivity index (χ1v) is 7.75. The van der Waals surface area contributed by atoms with Gasteiger partial charge in [-0.15, -0.1) is 11.3 Å². The maximum Gasteiger partial charge on any atom is 0.393 e. The Bertz CT molecular complexity index is 400. The molecule has 1 fully saturated rings. The lowest BCUT2D eigenvalue weighted by atomic mass is 9.84. The summed E-state index contributed by atoms with van der Waals surface area (Å²) in [5.41, 5.74) is 1.25. The van der Waals surface area contributed by atoms with E-state index >= 15 is 0 Å². The molecule has 1 saturated carbocycles. The second kappa shape index (κ2) is 6.27. The first-order chi connectivity index (χ1) is 9.02. The Morgan fingerprint density at radius 1 is 1.32 bits per heavy atom. The average Bonchev–Trinajstić information content (AvgIpc) is 2.83. The quantitative estimate of drug-likeness (QED) is 0.860. The van der Waals surface area contributed by atoms with Gasteiger partial charge >= 0.3 is 6.18 Å². The minimum absolute atomic E-state index is 0.270. The Morgan fingerprint density at radius 3 is 2.74 bits per heavy atom. The molecule has 0 radical (unpaired) electrons. The molecule has 1 heterocycles. The van der Waals surface area contributed by atoms with E-state index in [1.165, 1.54) is 10.4 Å². The molecule has 1 nitrogen and oxygen atoms in total. The van der Waals surface area contributed by atoms with Crippen molar-refractivity contribution in [3.8, 4) is 0 Å². The van der Waals surface area contributed by atoms with E-state index in [9.17, 15) is 13.2 Å². The smallest absolute Gasteiger partial charge is 0.308 e.